The van der Waals surface area contributed by atoms with Gasteiger partial charge in [0, 0.05) is 43.6 Å². The predicted molar refractivity (Wildman–Crippen MR) is 162 cm³/mol. The summed E-state index contributed by atoms with van der Waals surface area (Å²) in [5.41, 5.74) is 2.56. The molecule has 6 heterocycles. The van der Waals surface area contributed by atoms with Crippen LogP contribution in [0.2, 0.25) is 0 Å². The number of hydrogen-bond donors (Lipinski definition) is 1. The molecule has 0 radical (unpaired) electrons. The van der Waals surface area contributed by atoms with Crippen LogP contribution in [0.1, 0.15) is 53.0 Å². The van der Waals surface area contributed by atoms with Gasteiger partial charge in [0.1, 0.15) is 29.8 Å². The van der Waals surface area contributed by atoms with Gasteiger partial charge < -0.3 is 24.0 Å². The fraction of sp³-hybridized carbons (Fsp3) is 0.412. The molecule has 4 unspecified atom stereocenters. The maximum atomic E-state index is 14.4. The summed E-state index contributed by atoms with van der Waals surface area (Å²) in [6, 6.07) is 15.7. The van der Waals surface area contributed by atoms with Crippen LogP contribution in [0.3, 0.4) is 0 Å². The van der Waals surface area contributed by atoms with Crippen LogP contribution < -0.4 is 9.64 Å². The Bertz CT molecular complexity index is 1850. The van der Waals surface area contributed by atoms with Crippen LogP contribution >= 0.6 is 0 Å². The van der Waals surface area contributed by atoms with Gasteiger partial charge in [0.15, 0.2) is 0 Å². The minimum atomic E-state index is -0.946. The number of nitriles is 1. The Morgan fingerprint density at radius 1 is 1.18 bits per heavy atom. The Hall–Kier alpha value is -4.53. The van der Waals surface area contributed by atoms with Crippen LogP contribution in [0.25, 0.3) is 11.0 Å². The Kier molecular flexibility index (Phi) is 6.73. The number of carbonyl (C=O) groups is 1. The van der Waals surface area contributed by atoms with Crippen LogP contribution in [0, 0.1) is 23.1 Å². The Morgan fingerprint density at radius 2 is 2.07 bits per heavy atom. The SMILES string of the molecule is N#Cc1ccc(COc2ccnc(N3C4CCC5CN(Cc6nc7ccc(C(=O)O)cc7n6CC6CCO6)CC53C4)c2)c(F)c1. The summed E-state index contributed by atoms with van der Waals surface area (Å²) in [6.45, 7) is 4.00. The summed E-state index contributed by atoms with van der Waals surface area (Å²) in [4.78, 5) is 26.4. The number of carboxylic acid groups (broad SMARTS) is 1. The van der Waals surface area contributed by atoms with Gasteiger partial charge in [-0.3, -0.25) is 4.90 Å². The summed E-state index contributed by atoms with van der Waals surface area (Å²) in [5, 5.41) is 18.6. The van der Waals surface area contributed by atoms with E-state index in [2.05, 4.69) is 14.4 Å². The topological polar surface area (TPSA) is 117 Å². The van der Waals surface area contributed by atoms with Crippen molar-refractivity contribution < 1.29 is 23.8 Å². The number of aromatic nitrogens is 3. The molecule has 230 valence electrons. The van der Waals surface area contributed by atoms with Crippen molar-refractivity contribution in [3.05, 3.63) is 83.1 Å². The van der Waals surface area contributed by atoms with Crippen molar-refractivity contribution >= 4 is 22.8 Å². The molecule has 4 saturated heterocycles. The first kappa shape index (κ1) is 28.0. The predicted octanol–water partition coefficient (Wildman–Crippen LogP) is 4.75. The van der Waals surface area contributed by atoms with Gasteiger partial charge in [0.25, 0.3) is 0 Å². The number of rotatable bonds is 9. The van der Waals surface area contributed by atoms with Gasteiger partial charge in [0.05, 0.1) is 53.0 Å². The van der Waals surface area contributed by atoms with Crippen LogP contribution in [-0.4, -0.2) is 67.9 Å². The fourth-order valence-corrected chi connectivity index (χ4v) is 7.91. The van der Waals surface area contributed by atoms with E-state index < -0.39 is 11.8 Å². The van der Waals surface area contributed by atoms with Crippen molar-refractivity contribution in [1.29, 1.82) is 5.26 Å². The highest BCUT2D eigenvalue weighted by Gasteiger charge is 2.63. The third kappa shape index (κ3) is 4.80. The van der Waals surface area contributed by atoms with E-state index in [0.717, 1.165) is 61.6 Å². The number of imidazole rings is 1. The van der Waals surface area contributed by atoms with Gasteiger partial charge in [-0.05, 0) is 68.0 Å². The normalized spacial score (nSPS) is 25.3. The molecule has 11 heteroatoms. The number of halogens is 1. The molecule has 4 aliphatic rings. The number of benzene rings is 2. The lowest BCUT2D eigenvalue weighted by Crippen LogP contribution is -2.73. The highest BCUT2D eigenvalue weighted by molar-refractivity contribution is 5.92. The zero-order valence-corrected chi connectivity index (χ0v) is 24.7. The first-order valence-corrected chi connectivity index (χ1v) is 15.5. The molecule has 4 aliphatic heterocycles. The third-order valence-corrected chi connectivity index (χ3v) is 10.2. The van der Waals surface area contributed by atoms with E-state index in [1.165, 1.54) is 12.5 Å². The van der Waals surface area contributed by atoms with Crippen LogP contribution in [-0.2, 0) is 24.4 Å². The second kappa shape index (κ2) is 10.8. The summed E-state index contributed by atoms with van der Waals surface area (Å²) in [5.74, 6) is 1.54. The van der Waals surface area contributed by atoms with Crippen molar-refractivity contribution in [1.82, 2.24) is 19.4 Å². The lowest BCUT2D eigenvalue weighted by molar-refractivity contribution is -0.0591. The first-order valence-electron chi connectivity index (χ1n) is 15.5. The largest absolute Gasteiger partial charge is 0.489 e. The summed E-state index contributed by atoms with van der Waals surface area (Å²) in [7, 11) is 0. The van der Waals surface area contributed by atoms with Gasteiger partial charge >= 0.3 is 5.97 Å². The Morgan fingerprint density at radius 3 is 2.84 bits per heavy atom. The Balaban J connectivity index is 1.02. The average molecular weight is 609 g/mol. The second-order valence-corrected chi connectivity index (χ2v) is 12.8. The first-order chi connectivity index (χ1) is 21.9. The highest BCUT2D eigenvalue weighted by Crippen LogP contribution is 2.56. The standard InChI is InChI=1S/C34H33FN6O4/c35-28-11-21(15-36)1-2-23(28)19-45-26-7-9-37-31(13-26)41-25-5-4-24-16-39(20-34(24,41)14-25)18-32-38-29-6-3-22(33(42)43)12-30(29)40(32)17-27-8-10-44-27/h1-3,6-7,9,11-13,24-25,27H,4-5,8,10,14,16-20H2,(H,42,43). The molecule has 2 bridgehead atoms. The van der Waals surface area contributed by atoms with E-state index in [-0.39, 0.29) is 29.4 Å². The van der Waals surface area contributed by atoms with Crippen molar-refractivity contribution in [3.8, 4) is 11.8 Å². The van der Waals surface area contributed by atoms with E-state index in [4.69, 9.17) is 24.7 Å². The lowest BCUT2D eigenvalue weighted by Gasteiger charge is -2.64. The minimum Gasteiger partial charge on any atom is -0.489 e. The fourth-order valence-electron chi connectivity index (χ4n) is 7.91. The van der Waals surface area contributed by atoms with E-state index in [1.54, 1.807) is 42.6 Å². The number of fused-ring (bicyclic) bond motifs is 2. The summed E-state index contributed by atoms with van der Waals surface area (Å²) in [6.07, 6.45) is 6.25. The quantitative estimate of drug-likeness (QED) is 0.287. The van der Waals surface area contributed by atoms with Gasteiger partial charge in [-0.2, -0.15) is 5.26 Å². The van der Waals surface area contributed by atoms with E-state index in [0.29, 0.717) is 36.4 Å². The van der Waals surface area contributed by atoms with Gasteiger partial charge in [-0.25, -0.2) is 19.2 Å². The molecular weight excluding hydrogens is 575 g/mol. The molecule has 4 atom stereocenters. The molecule has 4 fully saturated rings. The number of nitrogens with zero attached hydrogens (tertiary/aromatic N) is 6. The highest BCUT2D eigenvalue weighted by atomic mass is 19.1. The van der Waals surface area contributed by atoms with Gasteiger partial charge in [-0.1, -0.05) is 6.07 Å². The van der Waals surface area contributed by atoms with Crippen LogP contribution in [0.4, 0.5) is 10.2 Å². The number of anilines is 1. The third-order valence-electron chi connectivity index (χ3n) is 10.2. The lowest BCUT2D eigenvalue weighted by atomic mass is 9.63. The van der Waals surface area contributed by atoms with Crippen LogP contribution in [0.5, 0.6) is 5.75 Å². The molecule has 10 nitrogen and oxygen atoms in total. The second-order valence-electron chi connectivity index (χ2n) is 12.8. The molecule has 4 aromatic rings. The summed E-state index contributed by atoms with van der Waals surface area (Å²) < 4.78 is 28.3. The number of ether oxygens (including phenoxy) is 2. The van der Waals surface area contributed by atoms with Gasteiger partial charge in [0.2, 0.25) is 0 Å². The smallest absolute Gasteiger partial charge is 0.335 e. The van der Waals surface area contributed by atoms with E-state index in [9.17, 15) is 14.3 Å². The minimum absolute atomic E-state index is 0.0157. The molecule has 0 aliphatic carbocycles. The maximum absolute atomic E-state index is 14.4. The number of likely N-dealkylation sites (tertiary alicyclic amines) is 1. The molecule has 1 N–H and O–H groups in total. The van der Waals surface area contributed by atoms with Crippen molar-refractivity contribution in [3.63, 3.8) is 0 Å². The maximum Gasteiger partial charge on any atom is 0.335 e. The molecule has 45 heavy (non-hydrogen) atoms. The monoisotopic (exact) mass is 608 g/mol. The molecule has 0 amide bonds. The van der Waals surface area contributed by atoms with E-state index in [1.807, 2.05) is 12.1 Å². The molecule has 0 saturated carbocycles. The number of hydrogen-bond acceptors (Lipinski definition) is 8. The molecule has 1 spiro atoms. The molecule has 2 aromatic carbocycles. The van der Waals surface area contributed by atoms with Crippen molar-refractivity contribution in [2.45, 2.75) is 63.1 Å². The number of piperidine rings is 1. The van der Waals surface area contributed by atoms with Crippen LogP contribution in [0.15, 0.2) is 54.7 Å². The van der Waals surface area contributed by atoms with Crippen molar-refractivity contribution in [2.24, 2.45) is 5.92 Å². The molecule has 2 aromatic heterocycles. The Labute approximate surface area is 259 Å². The zero-order valence-electron chi connectivity index (χ0n) is 24.7. The van der Waals surface area contributed by atoms with E-state index >= 15 is 0 Å². The van der Waals surface area contributed by atoms with Crippen molar-refractivity contribution in [2.75, 3.05) is 24.6 Å². The summed E-state index contributed by atoms with van der Waals surface area (Å²) >= 11 is 0. The molecular formula is C34H33FN6O4. The van der Waals surface area contributed by atoms with Gasteiger partial charge in [-0.15, -0.1) is 0 Å². The number of aromatic carboxylic acids is 1. The zero-order chi connectivity index (χ0) is 30.7. The number of carboxylic acids is 1. The average Bonchev–Trinajstić information content (AvgIpc) is 3.57. The molecule has 8 rings (SSSR count). The number of pyridine rings is 1.